The van der Waals surface area contributed by atoms with Crippen LogP contribution in [-0.4, -0.2) is 9.55 Å². The van der Waals surface area contributed by atoms with Crippen molar-refractivity contribution in [1.29, 1.82) is 0 Å². The maximum atomic E-state index is 8.73. The predicted molar refractivity (Wildman–Crippen MR) is 308 cm³/mol. The molecule has 0 aliphatic carbocycles. The van der Waals surface area contributed by atoms with Crippen LogP contribution in [0.2, 0.25) is 0 Å². The Morgan fingerprint density at radius 3 is 1.69 bits per heavy atom. The molecule has 0 saturated carbocycles. The van der Waals surface area contributed by atoms with E-state index < -0.39 is 6.85 Å². The summed E-state index contributed by atoms with van der Waals surface area (Å²) in [7, 11) is 0. The van der Waals surface area contributed by atoms with E-state index in [4.69, 9.17) is 13.8 Å². The smallest absolute Gasteiger partial charge is 0.135 e. The van der Waals surface area contributed by atoms with Crippen molar-refractivity contribution in [2.45, 2.75) is 59.2 Å². The molecule has 0 atom stereocenters. The van der Waals surface area contributed by atoms with Crippen LogP contribution in [0.5, 0.6) is 11.5 Å². The van der Waals surface area contributed by atoms with E-state index in [1.165, 1.54) is 5.56 Å². The topological polar surface area (TPSA) is 33.5 Å². The number of aryl methyl sites for hydroxylation is 1. The average molecular weight is 1160 g/mol. The molecule has 11 aromatic rings. The van der Waals surface area contributed by atoms with Crippen LogP contribution in [0.1, 0.15) is 62.3 Å². The molecule has 0 amide bonds. The molecule has 5 nitrogen and oxygen atoms in total. The monoisotopic (exact) mass is 1160 g/mol. The Bertz CT molecular complexity index is 3940. The maximum absolute atomic E-state index is 8.73. The van der Waals surface area contributed by atoms with E-state index in [1.807, 2.05) is 41.0 Å². The number of para-hydroxylation sites is 3. The third-order valence-corrected chi connectivity index (χ3v) is 14.2. The molecule has 0 radical (unpaired) electrons. The van der Waals surface area contributed by atoms with E-state index in [0.717, 1.165) is 83.5 Å². The van der Waals surface area contributed by atoms with Crippen LogP contribution < -0.4 is 14.5 Å². The standard InChI is InChI=1S/C69H57N4O.Pt/c1-46-38-66(70-44-61(46)50-24-15-10-16-25-50)73-62-37-32-51(47-30-33-52(34-31-47)68(2,3)4)39-60(62)59-36-35-55(43-65(59)73)74-56-41-53(69(5,6)7)40-54(42-56)71-45-72(64-29-18-17-28-63(64)71)67-57(48-20-11-8-12-21-48)26-19-27-58(67)49-22-13-9-14-23-49;/h8-41,44-45H,1-7H3;/q-3;/i1D3;. The van der Waals surface area contributed by atoms with Crippen molar-refractivity contribution in [2.24, 2.45) is 0 Å². The quantitative estimate of drug-likeness (QED) is 0.135. The number of fused-ring (bicyclic) bond motifs is 4. The van der Waals surface area contributed by atoms with Crippen LogP contribution in [-0.2, 0) is 31.9 Å². The number of benzene rings is 9. The molecule has 12 rings (SSSR count). The molecule has 0 bridgehead atoms. The number of hydrogen-bond donors (Lipinski definition) is 0. The molecule has 0 spiro atoms. The summed E-state index contributed by atoms with van der Waals surface area (Å²) < 4.78 is 35.2. The van der Waals surface area contributed by atoms with Gasteiger partial charge in [0.1, 0.15) is 5.82 Å². The third-order valence-electron chi connectivity index (χ3n) is 14.2. The first kappa shape index (κ1) is 45.6. The number of anilines is 4. The van der Waals surface area contributed by atoms with Gasteiger partial charge in [0.2, 0.25) is 0 Å². The molecule has 0 fully saturated rings. The van der Waals surface area contributed by atoms with Crippen LogP contribution in [0.25, 0.3) is 72.1 Å². The van der Waals surface area contributed by atoms with E-state index in [0.29, 0.717) is 28.4 Å². The van der Waals surface area contributed by atoms with E-state index in [-0.39, 0.29) is 37.5 Å². The van der Waals surface area contributed by atoms with Crippen LogP contribution >= 0.6 is 0 Å². The molecule has 0 saturated heterocycles. The zero-order valence-electron chi connectivity index (χ0n) is 45.8. The van der Waals surface area contributed by atoms with Gasteiger partial charge < -0.3 is 19.1 Å². The number of rotatable bonds is 9. The zero-order chi connectivity index (χ0) is 53.2. The van der Waals surface area contributed by atoms with Crippen molar-refractivity contribution in [1.82, 2.24) is 9.55 Å². The fourth-order valence-electron chi connectivity index (χ4n) is 10.2. The second-order valence-electron chi connectivity index (χ2n) is 21.2. The minimum Gasteiger partial charge on any atom is -0.509 e. The molecule has 1 aliphatic heterocycles. The number of nitrogens with zero attached hydrogens (tertiary/aromatic N) is 4. The Morgan fingerprint density at radius 1 is 0.493 bits per heavy atom. The number of ether oxygens (including phenoxy) is 1. The van der Waals surface area contributed by atoms with Crippen molar-refractivity contribution < 1.29 is 29.9 Å². The summed E-state index contributed by atoms with van der Waals surface area (Å²) in [6.45, 7) is 13.0. The molecule has 0 N–H and O–H groups in total. The van der Waals surface area contributed by atoms with Crippen LogP contribution in [0.15, 0.2) is 212 Å². The number of pyridine rings is 1. The van der Waals surface area contributed by atoms with E-state index in [2.05, 4.69) is 234 Å². The van der Waals surface area contributed by atoms with Gasteiger partial charge in [-0.15, -0.1) is 53.6 Å². The maximum Gasteiger partial charge on any atom is 0.135 e. The van der Waals surface area contributed by atoms with Gasteiger partial charge in [0.05, 0.1) is 0 Å². The van der Waals surface area contributed by atoms with E-state index in [1.54, 1.807) is 12.3 Å². The Morgan fingerprint density at radius 2 is 1.08 bits per heavy atom. The van der Waals surface area contributed by atoms with Crippen LogP contribution in [0.4, 0.5) is 22.7 Å². The van der Waals surface area contributed by atoms with Crippen molar-refractivity contribution in [3.8, 4) is 61.8 Å². The minimum atomic E-state index is -2.42. The van der Waals surface area contributed by atoms with Gasteiger partial charge in [-0.1, -0.05) is 205 Å². The Balaban J connectivity index is 0.00000645. The van der Waals surface area contributed by atoms with Gasteiger partial charge in [-0.2, -0.15) is 6.07 Å². The largest absolute Gasteiger partial charge is 0.509 e. The molecular formula is C69H57N4OPt-3. The molecule has 6 heteroatoms. The van der Waals surface area contributed by atoms with E-state index >= 15 is 0 Å². The first-order valence-corrected chi connectivity index (χ1v) is 25.3. The summed E-state index contributed by atoms with van der Waals surface area (Å²) in [5.74, 6) is 1.47. The summed E-state index contributed by atoms with van der Waals surface area (Å²) in [5.41, 5.74) is 15.8. The van der Waals surface area contributed by atoms with Crippen LogP contribution in [0, 0.1) is 25.7 Å². The third kappa shape index (κ3) is 9.36. The summed E-state index contributed by atoms with van der Waals surface area (Å²) in [5, 5.41) is 1.90. The fraction of sp³-hybridized carbons (Fsp3) is 0.130. The van der Waals surface area contributed by atoms with Crippen molar-refractivity contribution in [2.75, 3.05) is 9.80 Å². The normalized spacial score (nSPS) is 13.3. The second-order valence-corrected chi connectivity index (χ2v) is 21.2. The van der Waals surface area contributed by atoms with Crippen molar-refractivity contribution in [3.63, 3.8) is 0 Å². The first-order chi connectivity index (χ1) is 37.1. The van der Waals surface area contributed by atoms with Gasteiger partial charge in [0.15, 0.2) is 0 Å². The van der Waals surface area contributed by atoms with E-state index in [9.17, 15) is 0 Å². The summed E-state index contributed by atoms with van der Waals surface area (Å²) >= 11 is 0. The molecule has 75 heavy (non-hydrogen) atoms. The predicted octanol–water partition coefficient (Wildman–Crippen LogP) is 18.5. The Labute approximate surface area is 460 Å². The zero-order valence-corrected chi connectivity index (χ0v) is 45.1. The molecule has 9 aromatic carbocycles. The number of aromatic nitrogens is 2. The molecular weight excluding hydrogens is 1100 g/mol. The van der Waals surface area contributed by atoms with Gasteiger partial charge in [-0.25, -0.2) is 4.98 Å². The second kappa shape index (κ2) is 19.7. The minimum absolute atomic E-state index is 0. The Kier molecular flexibility index (Phi) is 12.0. The van der Waals surface area contributed by atoms with Crippen LogP contribution in [0.3, 0.4) is 0 Å². The summed E-state index contributed by atoms with van der Waals surface area (Å²) in [4.78, 5) is 9.53. The average Bonchev–Trinajstić information content (AvgIpc) is 4.15. The summed E-state index contributed by atoms with van der Waals surface area (Å²) in [6.07, 6.45) is 1.68. The van der Waals surface area contributed by atoms with Gasteiger partial charge in [0.25, 0.3) is 0 Å². The summed E-state index contributed by atoms with van der Waals surface area (Å²) in [6, 6.07) is 78.3. The molecule has 1 aliphatic rings. The van der Waals surface area contributed by atoms with Gasteiger partial charge in [-0.05, 0) is 86.3 Å². The number of hydrogen-bond acceptors (Lipinski definition) is 4. The Hall–Kier alpha value is -7.98. The first-order valence-electron chi connectivity index (χ1n) is 26.8. The molecule has 3 heterocycles. The van der Waals surface area contributed by atoms with Crippen molar-refractivity contribution in [3.05, 3.63) is 248 Å². The van der Waals surface area contributed by atoms with Gasteiger partial charge in [0, 0.05) is 82.1 Å². The fourth-order valence-corrected chi connectivity index (χ4v) is 10.2. The SMILES string of the molecule is [2H]C([2H])([2H])c1cc(-n2c3[c-]c(Oc4[c-]c(N5[CH-]N(c6c(-c7ccccc7)cccc6-c6ccccc6)c6ccccc65)cc(C(C)(C)C)c4)ccc3c3cc(-c4ccc(C(C)(C)C)cc4)ccc32)ncc1-c1ccccc1.[Pt]. The van der Waals surface area contributed by atoms with Gasteiger partial charge in [-0.3, -0.25) is 0 Å². The molecule has 372 valence electrons. The van der Waals surface area contributed by atoms with Gasteiger partial charge >= 0.3 is 0 Å². The molecule has 0 unspecified atom stereocenters. The molecule has 2 aromatic heterocycles. The van der Waals surface area contributed by atoms with Crippen molar-refractivity contribution >= 4 is 44.6 Å².